The number of anilines is 1. The predicted molar refractivity (Wildman–Crippen MR) is 104 cm³/mol. The molecule has 0 spiro atoms. The van der Waals surface area contributed by atoms with Crippen LogP contribution >= 0.6 is 0 Å². The number of H-pyrrole nitrogens is 2. The maximum absolute atomic E-state index is 12.8. The van der Waals surface area contributed by atoms with Crippen LogP contribution in [0.2, 0.25) is 0 Å². The van der Waals surface area contributed by atoms with Crippen molar-refractivity contribution in [1.82, 2.24) is 29.9 Å². The monoisotopic (exact) mass is 387 g/mol. The lowest BCUT2D eigenvalue weighted by molar-refractivity contribution is 0.0956. The van der Waals surface area contributed by atoms with Crippen LogP contribution in [0.3, 0.4) is 0 Å². The maximum atomic E-state index is 12.8. The van der Waals surface area contributed by atoms with Gasteiger partial charge in [0.1, 0.15) is 11.5 Å². The number of aromatic nitrogens is 3. The van der Waals surface area contributed by atoms with Crippen molar-refractivity contribution in [3.05, 3.63) is 46.0 Å². The lowest BCUT2D eigenvalue weighted by atomic mass is 10.2. The fourth-order valence-corrected chi connectivity index (χ4v) is 3.26. The molecule has 3 rings (SSSR count). The number of pyridine rings is 1. The number of piperazine rings is 1. The molecule has 3 amide bonds. The topological polar surface area (TPSA) is 117 Å². The van der Waals surface area contributed by atoms with Gasteiger partial charge in [-0.25, -0.2) is 4.79 Å². The summed E-state index contributed by atoms with van der Waals surface area (Å²) in [7, 11) is 3.67. The average Bonchev–Trinajstić information content (AvgIpc) is 3.01. The second-order valence-corrected chi connectivity index (χ2v) is 7.05. The van der Waals surface area contributed by atoms with Crippen molar-refractivity contribution in [2.24, 2.45) is 0 Å². The lowest BCUT2D eigenvalue weighted by Gasteiger charge is -2.39. The molecule has 10 heteroatoms. The fourth-order valence-electron chi connectivity index (χ4n) is 3.26. The first-order valence-corrected chi connectivity index (χ1v) is 9.09. The van der Waals surface area contributed by atoms with Crippen molar-refractivity contribution < 1.29 is 9.59 Å². The van der Waals surface area contributed by atoms with Gasteiger partial charge >= 0.3 is 6.03 Å². The van der Waals surface area contributed by atoms with Gasteiger partial charge in [0, 0.05) is 38.9 Å². The molecular weight excluding hydrogens is 362 g/mol. The molecule has 0 aromatic carbocycles. The number of rotatable bonds is 4. The molecule has 0 aliphatic carbocycles. The molecule has 1 aliphatic heterocycles. The Bertz CT molecular complexity index is 892. The van der Waals surface area contributed by atoms with Crippen LogP contribution in [0.15, 0.2) is 29.2 Å². The van der Waals surface area contributed by atoms with Crippen molar-refractivity contribution in [3.63, 3.8) is 0 Å². The Kier molecular flexibility index (Phi) is 5.78. The molecule has 0 bridgehead atoms. The molecule has 0 radical (unpaired) electrons. The van der Waals surface area contributed by atoms with Gasteiger partial charge < -0.3 is 20.0 Å². The van der Waals surface area contributed by atoms with E-state index in [1.54, 1.807) is 30.1 Å². The molecule has 1 unspecified atom stereocenters. The summed E-state index contributed by atoms with van der Waals surface area (Å²) in [5.41, 5.74) is 0.121. The van der Waals surface area contributed by atoms with Crippen molar-refractivity contribution in [2.75, 3.05) is 39.0 Å². The van der Waals surface area contributed by atoms with Gasteiger partial charge in [-0.1, -0.05) is 6.07 Å². The number of hydrogen-bond donors (Lipinski definition) is 3. The number of likely N-dealkylation sites (N-methyl/N-ethyl adjacent to an activating group) is 1. The number of urea groups is 1. The Morgan fingerprint density at radius 3 is 2.79 bits per heavy atom. The van der Waals surface area contributed by atoms with Crippen molar-refractivity contribution >= 4 is 17.8 Å². The second kappa shape index (κ2) is 8.26. The maximum Gasteiger partial charge on any atom is 0.320 e. The highest BCUT2D eigenvalue weighted by molar-refractivity contribution is 6.02. The Labute approximate surface area is 162 Å². The van der Waals surface area contributed by atoms with Crippen molar-refractivity contribution in [2.45, 2.75) is 19.5 Å². The minimum Gasteiger partial charge on any atom is -0.323 e. The summed E-state index contributed by atoms with van der Waals surface area (Å²) in [6.45, 7) is 4.31. The molecule has 1 saturated heterocycles. The quantitative estimate of drug-likeness (QED) is 0.708. The van der Waals surface area contributed by atoms with Gasteiger partial charge in [-0.2, -0.15) is 0 Å². The van der Waals surface area contributed by atoms with E-state index >= 15 is 0 Å². The van der Waals surface area contributed by atoms with Gasteiger partial charge in [0.15, 0.2) is 0 Å². The zero-order valence-electron chi connectivity index (χ0n) is 16.2. The molecule has 1 atom stereocenters. The largest absolute Gasteiger partial charge is 0.323 e. The van der Waals surface area contributed by atoms with Gasteiger partial charge in [-0.3, -0.25) is 24.8 Å². The number of hydrogen-bond acceptors (Lipinski definition) is 5. The molecule has 0 saturated carbocycles. The normalized spacial score (nSPS) is 17.4. The van der Waals surface area contributed by atoms with Crippen LogP contribution in [0.4, 0.5) is 10.6 Å². The molecular formula is C18H25N7O3. The molecule has 2 aromatic heterocycles. The summed E-state index contributed by atoms with van der Waals surface area (Å²) in [6, 6.07) is 4.92. The van der Waals surface area contributed by atoms with Crippen LogP contribution in [0.5, 0.6) is 0 Å². The van der Waals surface area contributed by atoms with Crippen LogP contribution in [-0.2, 0) is 6.54 Å². The third kappa shape index (κ3) is 4.22. The van der Waals surface area contributed by atoms with E-state index in [1.165, 1.54) is 11.1 Å². The Hall–Kier alpha value is -3.14. The second-order valence-electron chi connectivity index (χ2n) is 7.05. The van der Waals surface area contributed by atoms with Gasteiger partial charge in [0.25, 0.3) is 11.5 Å². The average molecular weight is 387 g/mol. The minimum absolute atomic E-state index is 0.0640. The molecule has 28 heavy (non-hydrogen) atoms. The van der Waals surface area contributed by atoms with Crippen molar-refractivity contribution in [1.29, 1.82) is 0 Å². The summed E-state index contributed by atoms with van der Waals surface area (Å²) < 4.78 is 0. The van der Waals surface area contributed by atoms with Crippen LogP contribution in [-0.4, -0.2) is 81.6 Å². The van der Waals surface area contributed by atoms with E-state index in [0.717, 1.165) is 13.1 Å². The standard InChI is InChI=1S/C18H25N7O3/c1-12-10-23(2)8-9-25(12)18(28)24(3)11-13-15(21-22-16(13)26)20-17(27)14-6-4-5-7-19-14/h4-7,12H,8-11H2,1-3H3,(H3,20,21,22,26,27). The highest BCUT2D eigenvalue weighted by atomic mass is 16.2. The van der Waals surface area contributed by atoms with E-state index in [4.69, 9.17) is 0 Å². The van der Waals surface area contributed by atoms with Crippen LogP contribution in [0.25, 0.3) is 0 Å². The highest BCUT2D eigenvalue weighted by Crippen LogP contribution is 2.15. The van der Waals surface area contributed by atoms with E-state index in [1.807, 2.05) is 14.0 Å². The number of nitrogens with zero attached hydrogens (tertiary/aromatic N) is 4. The van der Waals surface area contributed by atoms with Crippen LogP contribution in [0, 0.1) is 0 Å². The Morgan fingerprint density at radius 1 is 1.32 bits per heavy atom. The number of carbonyl (C=O) groups excluding carboxylic acids is 2. The summed E-state index contributed by atoms with van der Waals surface area (Å²) in [6.07, 6.45) is 1.51. The predicted octanol–water partition coefficient (Wildman–Crippen LogP) is 0.538. The zero-order valence-corrected chi connectivity index (χ0v) is 16.2. The Morgan fingerprint density at radius 2 is 2.11 bits per heavy atom. The summed E-state index contributed by atoms with van der Waals surface area (Å²) in [4.78, 5) is 46.8. The summed E-state index contributed by atoms with van der Waals surface area (Å²) in [5, 5.41) is 7.76. The molecule has 2 aromatic rings. The van der Waals surface area contributed by atoms with E-state index < -0.39 is 5.91 Å². The van der Waals surface area contributed by atoms with E-state index in [-0.39, 0.29) is 41.3 Å². The smallest absolute Gasteiger partial charge is 0.320 e. The third-order valence-electron chi connectivity index (χ3n) is 4.81. The van der Waals surface area contributed by atoms with Crippen LogP contribution < -0.4 is 10.9 Å². The van der Waals surface area contributed by atoms with Gasteiger partial charge in [-0.05, 0) is 26.1 Å². The molecule has 3 N–H and O–H groups in total. The SMILES string of the molecule is CC1CN(C)CCN1C(=O)N(C)Cc1c(NC(=O)c2ccccn2)[nH][nH]c1=O. The zero-order chi connectivity index (χ0) is 20.3. The lowest BCUT2D eigenvalue weighted by Crippen LogP contribution is -2.55. The molecule has 150 valence electrons. The molecule has 3 heterocycles. The highest BCUT2D eigenvalue weighted by Gasteiger charge is 2.28. The van der Waals surface area contributed by atoms with Crippen molar-refractivity contribution in [3.8, 4) is 0 Å². The molecule has 1 aliphatic rings. The number of nitrogens with one attached hydrogen (secondary N) is 3. The van der Waals surface area contributed by atoms with Gasteiger partial charge in [-0.15, -0.1) is 0 Å². The molecule has 10 nitrogen and oxygen atoms in total. The summed E-state index contributed by atoms with van der Waals surface area (Å²) >= 11 is 0. The number of aromatic amines is 2. The van der Waals surface area contributed by atoms with Gasteiger partial charge in [0.05, 0.1) is 12.1 Å². The van der Waals surface area contributed by atoms with E-state index in [9.17, 15) is 14.4 Å². The molecule has 1 fully saturated rings. The van der Waals surface area contributed by atoms with Gasteiger partial charge in [0.2, 0.25) is 0 Å². The Balaban J connectivity index is 1.70. The van der Waals surface area contributed by atoms with E-state index in [2.05, 4.69) is 25.4 Å². The minimum atomic E-state index is -0.446. The first-order valence-electron chi connectivity index (χ1n) is 9.09. The number of amides is 3. The van der Waals surface area contributed by atoms with E-state index in [0.29, 0.717) is 6.54 Å². The third-order valence-corrected chi connectivity index (χ3v) is 4.81. The van der Waals surface area contributed by atoms with Crippen LogP contribution in [0.1, 0.15) is 23.0 Å². The summed E-state index contributed by atoms with van der Waals surface area (Å²) in [5.74, 6) is -0.217. The fraction of sp³-hybridized carbons (Fsp3) is 0.444. The first kappa shape index (κ1) is 19.6. The number of carbonyl (C=O) groups is 2. The first-order chi connectivity index (χ1) is 13.4.